The number of carbonyl (C=O) groups excluding carboxylic acids is 1. The number of amides is 1. The summed E-state index contributed by atoms with van der Waals surface area (Å²) in [7, 11) is 1.50. The van der Waals surface area contributed by atoms with Crippen LogP contribution in [0.3, 0.4) is 0 Å². The fraction of sp³-hybridized carbons (Fsp3) is 0.0588. The molecule has 1 aliphatic rings. The van der Waals surface area contributed by atoms with E-state index in [2.05, 4.69) is 10.3 Å². The van der Waals surface area contributed by atoms with Gasteiger partial charge in [-0.15, -0.1) is 0 Å². The first-order valence-corrected chi connectivity index (χ1v) is 8.17. The zero-order valence-electron chi connectivity index (χ0n) is 12.6. The molecule has 0 bridgehead atoms. The molecule has 1 saturated heterocycles. The topological polar surface area (TPSA) is 70.9 Å². The van der Waals surface area contributed by atoms with Crippen LogP contribution in [0.5, 0.6) is 11.5 Å². The molecule has 2 N–H and O–H groups in total. The van der Waals surface area contributed by atoms with Crippen molar-refractivity contribution in [2.45, 2.75) is 0 Å². The van der Waals surface area contributed by atoms with E-state index in [0.717, 1.165) is 0 Å². The van der Waals surface area contributed by atoms with E-state index in [1.165, 1.54) is 31.0 Å². The molecule has 5 nitrogen and oxygen atoms in total. The molecule has 0 atom stereocenters. The predicted octanol–water partition coefficient (Wildman–Crippen LogP) is 3.95. The summed E-state index contributed by atoms with van der Waals surface area (Å²) in [5.74, 6) is 0.326. The lowest BCUT2D eigenvalue weighted by Gasteiger charge is -2.05. The Labute approximate surface area is 148 Å². The number of para-hydroxylation sites is 1. The number of aliphatic imine (C=N–C) groups is 1. The Hall–Kier alpha value is -2.44. The second-order valence-corrected chi connectivity index (χ2v) is 6.30. The van der Waals surface area contributed by atoms with Crippen LogP contribution in [0.15, 0.2) is 52.4 Å². The number of thioether (sulfide) groups is 1. The molecule has 0 spiro atoms. The number of methoxy groups -OCH3 is 1. The molecule has 2 aromatic carbocycles. The minimum Gasteiger partial charge on any atom is -0.508 e. The molecule has 3 rings (SSSR count). The maximum atomic E-state index is 12.1. The Bertz CT molecular complexity index is 865. The number of benzene rings is 2. The molecule has 1 fully saturated rings. The predicted molar refractivity (Wildman–Crippen MR) is 96.9 cm³/mol. The molecular formula is C17H13ClN2O3S. The summed E-state index contributed by atoms with van der Waals surface area (Å²) in [6.07, 6.45) is 1.69. The van der Waals surface area contributed by atoms with Gasteiger partial charge in [0.05, 0.1) is 22.7 Å². The molecule has 24 heavy (non-hydrogen) atoms. The van der Waals surface area contributed by atoms with E-state index in [0.29, 0.717) is 32.1 Å². The number of halogens is 1. The minimum absolute atomic E-state index is 0.0958. The van der Waals surface area contributed by atoms with Crippen molar-refractivity contribution in [3.05, 3.63) is 58.0 Å². The highest BCUT2D eigenvalue weighted by Crippen LogP contribution is 2.33. The monoisotopic (exact) mass is 360 g/mol. The third-order valence-electron chi connectivity index (χ3n) is 3.23. The van der Waals surface area contributed by atoms with Crippen LogP contribution in [0.4, 0.5) is 5.69 Å². The molecule has 1 heterocycles. The summed E-state index contributed by atoms with van der Waals surface area (Å²) in [6.45, 7) is 0. The maximum absolute atomic E-state index is 12.1. The maximum Gasteiger partial charge on any atom is 0.264 e. The normalized spacial score (nSPS) is 17.3. The standard InChI is InChI=1S/C17H13ClN2O3S/c1-23-14-9-11(21)7-6-10(14)8-15-16(22)20-17(24-15)19-13-5-3-2-4-12(13)18/h2-9,21H,1H3,(H,19,20,22). The second kappa shape index (κ2) is 6.98. The van der Waals surface area contributed by atoms with Gasteiger partial charge in [-0.2, -0.15) is 0 Å². The number of carbonyl (C=O) groups is 1. The van der Waals surface area contributed by atoms with Gasteiger partial charge in [0.25, 0.3) is 5.91 Å². The van der Waals surface area contributed by atoms with Crippen LogP contribution in [-0.2, 0) is 4.79 Å². The largest absolute Gasteiger partial charge is 0.508 e. The van der Waals surface area contributed by atoms with E-state index >= 15 is 0 Å². The van der Waals surface area contributed by atoms with Gasteiger partial charge < -0.3 is 15.2 Å². The van der Waals surface area contributed by atoms with Gasteiger partial charge in [0.15, 0.2) is 5.17 Å². The quantitative estimate of drug-likeness (QED) is 0.813. The van der Waals surface area contributed by atoms with E-state index in [9.17, 15) is 9.90 Å². The van der Waals surface area contributed by atoms with Crippen molar-refractivity contribution in [2.75, 3.05) is 7.11 Å². The number of hydrogen-bond acceptors (Lipinski definition) is 5. The van der Waals surface area contributed by atoms with Crippen LogP contribution >= 0.6 is 23.4 Å². The van der Waals surface area contributed by atoms with Gasteiger partial charge in [-0.1, -0.05) is 23.7 Å². The Kier molecular flexibility index (Phi) is 4.78. The number of aromatic hydroxyl groups is 1. The van der Waals surface area contributed by atoms with E-state index in [1.807, 2.05) is 12.1 Å². The van der Waals surface area contributed by atoms with Gasteiger partial charge >= 0.3 is 0 Å². The van der Waals surface area contributed by atoms with Crippen LogP contribution in [-0.4, -0.2) is 23.3 Å². The summed E-state index contributed by atoms with van der Waals surface area (Å²) in [6, 6.07) is 11.8. The molecule has 1 amide bonds. The first-order chi connectivity index (χ1) is 11.6. The third kappa shape index (κ3) is 3.55. The van der Waals surface area contributed by atoms with E-state index < -0.39 is 0 Å². The average Bonchev–Trinajstić information content (AvgIpc) is 2.91. The summed E-state index contributed by atoms with van der Waals surface area (Å²) in [5.41, 5.74) is 1.28. The number of ether oxygens (including phenoxy) is 1. The van der Waals surface area contributed by atoms with Crippen molar-refractivity contribution < 1.29 is 14.6 Å². The SMILES string of the molecule is COc1cc(O)ccc1C=C1SC(=Nc2ccccc2Cl)NC1=O. The number of phenolic OH excluding ortho intramolecular Hbond substituents is 1. The number of phenols is 1. The highest BCUT2D eigenvalue weighted by Gasteiger charge is 2.24. The van der Waals surface area contributed by atoms with Crippen LogP contribution < -0.4 is 10.1 Å². The highest BCUT2D eigenvalue weighted by atomic mass is 35.5. The fourth-order valence-corrected chi connectivity index (χ4v) is 3.10. The van der Waals surface area contributed by atoms with Crippen molar-refractivity contribution in [1.29, 1.82) is 0 Å². The molecular weight excluding hydrogens is 348 g/mol. The van der Waals surface area contributed by atoms with Gasteiger partial charge in [0.1, 0.15) is 11.5 Å². The van der Waals surface area contributed by atoms with E-state index in [4.69, 9.17) is 16.3 Å². The Balaban J connectivity index is 1.89. The van der Waals surface area contributed by atoms with Crippen molar-refractivity contribution in [2.24, 2.45) is 4.99 Å². The lowest BCUT2D eigenvalue weighted by Crippen LogP contribution is -2.19. The van der Waals surface area contributed by atoms with Crippen LogP contribution in [0, 0.1) is 0 Å². The molecule has 1 aliphatic heterocycles. The molecule has 0 aromatic heterocycles. The molecule has 0 unspecified atom stereocenters. The zero-order valence-corrected chi connectivity index (χ0v) is 14.2. The van der Waals surface area contributed by atoms with Crippen molar-refractivity contribution in [3.8, 4) is 11.5 Å². The first-order valence-electron chi connectivity index (χ1n) is 6.98. The number of amidine groups is 1. The summed E-state index contributed by atoms with van der Waals surface area (Å²) in [5, 5.41) is 13.2. The van der Waals surface area contributed by atoms with Gasteiger partial charge in [0.2, 0.25) is 0 Å². The summed E-state index contributed by atoms with van der Waals surface area (Å²) < 4.78 is 5.22. The second-order valence-electron chi connectivity index (χ2n) is 4.86. The molecule has 0 saturated carbocycles. The molecule has 0 aliphatic carbocycles. The first kappa shape index (κ1) is 16.4. The Morgan fingerprint density at radius 3 is 2.83 bits per heavy atom. The summed E-state index contributed by atoms with van der Waals surface area (Å²) >= 11 is 7.29. The van der Waals surface area contributed by atoms with Gasteiger partial charge in [0, 0.05) is 11.6 Å². The van der Waals surface area contributed by atoms with E-state index in [-0.39, 0.29) is 11.7 Å². The van der Waals surface area contributed by atoms with Crippen molar-refractivity contribution in [3.63, 3.8) is 0 Å². The molecule has 2 aromatic rings. The van der Waals surface area contributed by atoms with Crippen molar-refractivity contribution >= 4 is 46.2 Å². The molecule has 122 valence electrons. The molecule has 7 heteroatoms. The Morgan fingerprint density at radius 2 is 2.08 bits per heavy atom. The average molecular weight is 361 g/mol. The fourth-order valence-electron chi connectivity index (χ4n) is 2.09. The number of nitrogens with zero attached hydrogens (tertiary/aromatic N) is 1. The van der Waals surface area contributed by atoms with Gasteiger partial charge in [-0.25, -0.2) is 4.99 Å². The highest BCUT2D eigenvalue weighted by molar-refractivity contribution is 8.18. The lowest BCUT2D eigenvalue weighted by atomic mass is 10.1. The van der Waals surface area contributed by atoms with Crippen LogP contribution in [0.25, 0.3) is 6.08 Å². The summed E-state index contributed by atoms with van der Waals surface area (Å²) in [4.78, 5) is 17.0. The number of nitrogens with one attached hydrogen (secondary N) is 1. The Morgan fingerprint density at radius 1 is 1.29 bits per heavy atom. The number of hydrogen-bond donors (Lipinski definition) is 2. The smallest absolute Gasteiger partial charge is 0.264 e. The third-order valence-corrected chi connectivity index (χ3v) is 4.46. The van der Waals surface area contributed by atoms with E-state index in [1.54, 1.807) is 24.3 Å². The number of rotatable bonds is 3. The van der Waals surface area contributed by atoms with Crippen LogP contribution in [0.2, 0.25) is 5.02 Å². The van der Waals surface area contributed by atoms with Gasteiger partial charge in [-0.3, -0.25) is 4.79 Å². The zero-order chi connectivity index (χ0) is 17.1. The van der Waals surface area contributed by atoms with Gasteiger partial charge in [-0.05, 0) is 42.1 Å². The van der Waals surface area contributed by atoms with Crippen molar-refractivity contribution in [1.82, 2.24) is 5.32 Å². The lowest BCUT2D eigenvalue weighted by molar-refractivity contribution is -0.115. The molecule has 0 radical (unpaired) electrons. The minimum atomic E-state index is -0.249. The van der Waals surface area contributed by atoms with Crippen LogP contribution in [0.1, 0.15) is 5.56 Å².